The van der Waals surface area contributed by atoms with Gasteiger partial charge in [-0.3, -0.25) is 9.69 Å². The fourth-order valence-electron chi connectivity index (χ4n) is 2.84. The van der Waals surface area contributed by atoms with E-state index < -0.39 is 0 Å². The van der Waals surface area contributed by atoms with Gasteiger partial charge in [-0.25, -0.2) is 0 Å². The van der Waals surface area contributed by atoms with Crippen LogP contribution in [-0.4, -0.2) is 54.0 Å². The first-order chi connectivity index (χ1) is 8.38. The summed E-state index contributed by atoms with van der Waals surface area (Å²) in [5.41, 5.74) is 6.11. The minimum atomic E-state index is -0.0494. The molecule has 0 bridgehead atoms. The van der Waals surface area contributed by atoms with Gasteiger partial charge >= 0.3 is 0 Å². The lowest BCUT2D eigenvalue weighted by Crippen LogP contribution is -2.53. The smallest absolute Gasteiger partial charge is 0.224 e. The van der Waals surface area contributed by atoms with Crippen LogP contribution in [0.25, 0.3) is 0 Å². The third-order valence-electron chi connectivity index (χ3n) is 4.45. The number of amides is 1. The van der Waals surface area contributed by atoms with Crippen molar-refractivity contribution in [1.82, 2.24) is 9.80 Å². The van der Waals surface area contributed by atoms with Gasteiger partial charge in [-0.05, 0) is 24.8 Å². The predicted octanol–water partition coefficient (Wildman–Crippen LogP) is 1.06. The lowest BCUT2D eigenvalue weighted by Gasteiger charge is -2.38. The van der Waals surface area contributed by atoms with Gasteiger partial charge in [-0.15, -0.1) is 0 Å². The first-order valence-electron chi connectivity index (χ1n) is 7.15. The zero-order valence-corrected chi connectivity index (χ0v) is 12.0. The van der Waals surface area contributed by atoms with Crippen LogP contribution in [0.5, 0.6) is 0 Å². The second-order valence-corrected chi connectivity index (χ2v) is 6.85. The normalized spacial score (nSPS) is 27.1. The topological polar surface area (TPSA) is 49.6 Å². The molecule has 0 spiro atoms. The SMILES string of the molecule is CC(C)(C)C(N)CC(=O)N1CCN2CCCC2C1. The molecule has 2 N–H and O–H groups in total. The van der Waals surface area contributed by atoms with Gasteiger partial charge in [0.1, 0.15) is 0 Å². The molecule has 2 aliphatic heterocycles. The molecule has 2 rings (SSSR count). The summed E-state index contributed by atoms with van der Waals surface area (Å²) in [6.45, 7) is 10.3. The van der Waals surface area contributed by atoms with Gasteiger partial charge in [-0.1, -0.05) is 20.8 Å². The lowest BCUT2D eigenvalue weighted by molar-refractivity contribution is -0.134. The average molecular weight is 253 g/mol. The third kappa shape index (κ3) is 3.04. The number of hydrogen-bond donors (Lipinski definition) is 1. The molecule has 0 aromatic heterocycles. The first kappa shape index (κ1) is 13.8. The van der Waals surface area contributed by atoms with E-state index in [9.17, 15) is 4.79 Å². The van der Waals surface area contributed by atoms with E-state index in [1.807, 2.05) is 4.90 Å². The molecule has 2 unspecified atom stereocenters. The molecule has 0 aromatic rings. The van der Waals surface area contributed by atoms with Crippen LogP contribution in [0.1, 0.15) is 40.0 Å². The number of nitrogens with zero attached hydrogens (tertiary/aromatic N) is 2. The lowest BCUT2D eigenvalue weighted by atomic mass is 9.85. The minimum absolute atomic E-state index is 0.00480. The third-order valence-corrected chi connectivity index (χ3v) is 4.45. The molecule has 4 nitrogen and oxygen atoms in total. The van der Waals surface area contributed by atoms with Gasteiger partial charge in [0.05, 0.1) is 0 Å². The Labute approximate surface area is 110 Å². The Morgan fingerprint density at radius 1 is 1.33 bits per heavy atom. The molecule has 2 aliphatic rings. The van der Waals surface area contributed by atoms with Crippen molar-refractivity contribution in [1.29, 1.82) is 0 Å². The van der Waals surface area contributed by atoms with E-state index in [1.54, 1.807) is 0 Å². The van der Waals surface area contributed by atoms with Crippen molar-refractivity contribution in [3.63, 3.8) is 0 Å². The summed E-state index contributed by atoms with van der Waals surface area (Å²) in [6.07, 6.45) is 3.01. The molecule has 2 saturated heterocycles. The van der Waals surface area contributed by atoms with Crippen molar-refractivity contribution in [2.75, 3.05) is 26.2 Å². The fourth-order valence-corrected chi connectivity index (χ4v) is 2.84. The van der Waals surface area contributed by atoms with E-state index in [1.165, 1.54) is 19.4 Å². The van der Waals surface area contributed by atoms with Crippen molar-refractivity contribution in [3.05, 3.63) is 0 Å². The van der Waals surface area contributed by atoms with Crippen LogP contribution in [0.2, 0.25) is 0 Å². The molecule has 0 aromatic carbocycles. The molecule has 104 valence electrons. The minimum Gasteiger partial charge on any atom is -0.340 e. The van der Waals surface area contributed by atoms with Crippen LogP contribution >= 0.6 is 0 Å². The Bertz CT molecular complexity index is 311. The molecular weight excluding hydrogens is 226 g/mol. The van der Waals surface area contributed by atoms with Gasteiger partial charge in [0.25, 0.3) is 0 Å². The van der Waals surface area contributed by atoms with E-state index in [-0.39, 0.29) is 17.4 Å². The van der Waals surface area contributed by atoms with Crippen molar-refractivity contribution in [2.24, 2.45) is 11.1 Å². The highest BCUT2D eigenvalue weighted by atomic mass is 16.2. The summed E-state index contributed by atoms with van der Waals surface area (Å²) < 4.78 is 0. The number of piperazine rings is 1. The largest absolute Gasteiger partial charge is 0.340 e. The number of rotatable bonds is 2. The Balaban J connectivity index is 1.86. The van der Waals surface area contributed by atoms with Crippen molar-refractivity contribution < 1.29 is 4.79 Å². The highest BCUT2D eigenvalue weighted by Crippen LogP contribution is 2.24. The highest BCUT2D eigenvalue weighted by Gasteiger charge is 2.33. The Morgan fingerprint density at radius 2 is 2.06 bits per heavy atom. The van der Waals surface area contributed by atoms with Crippen molar-refractivity contribution >= 4 is 5.91 Å². The number of carbonyl (C=O) groups excluding carboxylic acids is 1. The van der Waals surface area contributed by atoms with Gasteiger partial charge in [0, 0.05) is 38.1 Å². The van der Waals surface area contributed by atoms with Crippen LogP contribution < -0.4 is 5.73 Å². The van der Waals surface area contributed by atoms with Crippen LogP contribution in [0.4, 0.5) is 0 Å². The summed E-state index contributed by atoms with van der Waals surface area (Å²) in [5, 5.41) is 0. The number of fused-ring (bicyclic) bond motifs is 1. The van der Waals surface area contributed by atoms with E-state index >= 15 is 0 Å². The standard InChI is InChI=1S/C14H27N3O/c1-14(2,3)12(15)9-13(18)17-8-7-16-6-4-5-11(16)10-17/h11-12H,4-10,15H2,1-3H3. The van der Waals surface area contributed by atoms with E-state index in [0.29, 0.717) is 12.5 Å². The molecular formula is C14H27N3O. The van der Waals surface area contributed by atoms with Gasteiger partial charge in [0.15, 0.2) is 0 Å². The molecule has 0 saturated carbocycles. The second kappa shape index (κ2) is 5.17. The second-order valence-electron chi connectivity index (χ2n) is 6.85. The summed E-state index contributed by atoms with van der Waals surface area (Å²) in [6, 6.07) is 0.556. The van der Waals surface area contributed by atoms with Gasteiger partial charge in [-0.2, -0.15) is 0 Å². The number of nitrogens with two attached hydrogens (primary N) is 1. The maximum atomic E-state index is 12.3. The van der Waals surface area contributed by atoms with Crippen LogP contribution in [-0.2, 0) is 4.79 Å². The molecule has 0 aliphatic carbocycles. The summed E-state index contributed by atoms with van der Waals surface area (Å²) in [7, 11) is 0. The molecule has 4 heteroatoms. The maximum Gasteiger partial charge on any atom is 0.224 e. The van der Waals surface area contributed by atoms with E-state index in [2.05, 4.69) is 25.7 Å². The van der Waals surface area contributed by atoms with Crippen LogP contribution in [0.3, 0.4) is 0 Å². The highest BCUT2D eigenvalue weighted by molar-refractivity contribution is 5.77. The number of hydrogen-bond acceptors (Lipinski definition) is 3. The predicted molar refractivity (Wildman–Crippen MR) is 73.2 cm³/mol. The molecule has 0 radical (unpaired) electrons. The van der Waals surface area contributed by atoms with Crippen LogP contribution in [0, 0.1) is 5.41 Å². The molecule has 1 amide bonds. The quantitative estimate of drug-likeness (QED) is 0.800. The van der Waals surface area contributed by atoms with Crippen molar-refractivity contribution in [3.8, 4) is 0 Å². The van der Waals surface area contributed by atoms with Crippen molar-refractivity contribution in [2.45, 2.75) is 52.1 Å². The molecule has 2 heterocycles. The molecule has 2 atom stereocenters. The van der Waals surface area contributed by atoms with Gasteiger partial charge < -0.3 is 10.6 Å². The number of carbonyl (C=O) groups is 1. The molecule has 2 fully saturated rings. The summed E-state index contributed by atoms with van der Waals surface area (Å²) in [5.74, 6) is 0.240. The summed E-state index contributed by atoms with van der Waals surface area (Å²) in [4.78, 5) is 16.8. The van der Waals surface area contributed by atoms with E-state index in [0.717, 1.165) is 19.6 Å². The van der Waals surface area contributed by atoms with Gasteiger partial charge in [0.2, 0.25) is 5.91 Å². The summed E-state index contributed by atoms with van der Waals surface area (Å²) >= 11 is 0. The zero-order valence-electron chi connectivity index (χ0n) is 12.0. The Kier molecular flexibility index (Phi) is 3.97. The van der Waals surface area contributed by atoms with Crippen LogP contribution in [0.15, 0.2) is 0 Å². The first-order valence-corrected chi connectivity index (χ1v) is 7.15. The van der Waals surface area contributed by atoms with E-state index in [4.69, 9.17) is 5.73 Å². The Hall–Kier alpha value is -0.610. The zero-order chi connectivity index (χ0) is 13.3. The average Bonchev–Trinajstić information content (AvgIpc) is 2.74. The monoisotopic (exact) mass is 253 g/mol. The Morgan fingerprint density at radius 3 is 2.72 bits per heavy atom. The maximum absolute atomic E-state index is 12.3. The molecule has 18 heavy (non-hydrogen) atoms. The fraction of sp³-hybridized carbons (Fsp3) is 0.929.